The second-order valence-electron chi connectivity index (χ2n) is 6.39. The van der Waals surface area contributed by atoms with Gasteiger partial charge in [-0.1, -0.05) is 19.8 Å². The number of carbonyl (C=O) groups is 2. The maximum atomic E-state index is 9.10. The molecule has 2 aliphatic heterocycles. The number of unbranched alkanes of at least 4 members (excludes halogenated alkanes) is 2. The number of carboxylic acids is 2. The zero-order valence-corrected chi connectivity index (χ0v) is 15.2. The smallest absolute Gasteiger partial charge is 0.414 e. The summed E-state index contributed by atoms with van der Waals surface area (Å²) in [7, 11) is 0. The van der Waals surface area contributed by atoms with Gasteiger partial charge in [-0.2, -0.15) is 4.37 Å². The molecule has 0 aliphatic carbocycles. The standard InChI is InChI=1S/C14H23N3OS.C2H2O4/c1-2-3-4-8-18-14-13(15-19-16-14)12-10-17-7-5-6-11(12)9-17;3-1(4)2(5)6/h11-12H,2-10H2,1H3;(H,3,4)(H,5,6). The average molecular weight is 371 g/mol. The molecule has 2 N–H and O–H groups in total. The van der Waals surface area contributed by atoms with E-state index in [9.17, 15) is 0 Å². The van der Waals surface area contributed by atoms with Crippen LogP contribution in [0.15, 0.2) is 0 Å². The predicted octanol–water partition coefficient (Wildman–Crippen LogP) is 2.07. The highest BCUT2D eigenvalue weighted by Crippen LogP contribution is 2.41. The summed E-state index contributed by atoms with van der Waals surface area (Å²) in [6, 6.07) is 0. The Morgan fingerprint density at radius 1 is 1.24 bits per heavy atom. The first-order chi connectivity index (χ1) is 12.0. The molecule has 25 heavy (non-hydrogen) atoms. The zero-order chi connectivity index (χ0) is 18.2. The molecule has 0 saturated carbocycles. The molecule has 3 unspecified atom stereocenters. The minimum absolute atomic E-state index is 0.558. The number of hydrogen-bond donors (Lipinski definition) is 2. The maximum Gasteiger partial charge on any atom is 0.414 e. The lowest BCUT2D eigenvalue weighted by Crippen LogP contribution is -2.25. The summed E-state index contributed by atoms with van der Waals surface area (Å²) < 4.78 is 14.8. The third-order valence-electron chi connectivity index (χ3n) is 4.57. The first kappa shape index (κ1) is 19.6. The molecular formula is C16H25N3O5S. The molecule has 0 radical (unpaired) electrons. The van der Waals surface area contributed by atoms with Gasteiger partial charge in [0.2, 0.25) is 5.88 Å². The summed E-state index contributed by atoms with van der Waals surface area (Å²) in [4.78, 5) is 20.8. The minimum Gasteiger partial charge on any atom is -0.476 e. The van der Waals surface area contributed by atoms with Gasteiger partial charge in [-0.15, -0.1) is 4.37 Å². The van der Waals surface area contributed by atoms with Crippen LogP contribution in [0, 0.1) is 5.92 Å². The van der Waals surface area contributed by atoms with Crippen LogP contribution in [0.3, 0.4) is 0 Å². The van der Waals surface area contributed by atoms with Gasteiger partial charge in [0.1, 0.15) is 5.69 Å². The molecule has 0 spiro atoms. The van der Waals surface area contributed by atoms with Crippen molar-refractivity contribution in [3.05, 3.63) is 5.69 Å². The fourth-order valence-electron chi connectivity index (χ4n) is 3.36. The molecule has 2 saturated heterocycles. The largest absolute Gasteiger partial charge is 0.476 e. The van der Waals surface area contributed by atoms with E-state index in [0.717, 1.165) is 37.1 Å². The maximum absolute atomic E-state index is 9.10. The van der Waals surface area contributed by atoms with Crippen molar-refractivity contribution < 1.29 is 24.5 Å². The molecular weight excluding hydrogens is 346 g/mol. The van der Waals surface area contributed by atoms with Crippen LogP contribution < -0.4 is 4.74 Å². The first-order valence-corrected chi connectivity index (χ1v) is 9.39. The number of rotatable bonds is 6. The number of nitrogens with zero attached hydrogens (tertiary/aromatic N) is 3. The van der Waals surface area contributed by atoms with Crippen molar-refractivity contribution in [2.45, 2.75) is 44.9 Å². The normalized spacial score (nSPS) is 24.3. The Bertz CT molecular complexity index is 568. The second kappa shape index (κ2) is 9.67. The van der Waals surface area contributed by atoms with Gasteiger partial charge in [0, 0.05) is 19.0 Å². The summed E-state index contributed by atoms with van der Waals surface area (Å²) >= 11 is 1.31. The number of carboxylic acid groups (broad SMARTS) is 2. The lowest BCUT2D eigenvalue weighted by molar-refractivity contribution is -0.159. The summed E-state index contributed by atoms with van der Waals surface area (Å²) in [5.74, 6) is -1.50. The van der Waals surface area contributed by atoms with Crippen molar-refractivity contribution in [3.63, 3.8) is 0 Å². The number of aromatic nitrogens is 2. The molecule has 2 fully saturated rings. The van der Waals surface area contributed by atoms with E-state index in [1.807, 2.05) is 0 Å². The molecule has 0 amide bonds. The Morgan fingerprint density at radius 2 is 2.00 bits per heavy atom. The predicted molar refractivity (Wildman–Crippen MR) is 92.1 cm³/mol. The molecule has 1 aromatic rings. The molecule has 9 heteroatoms. The van der Waals surface area contributed by atoms with Gasteiger partial charge in [0.25, 0.3) is 0 Å². The molecule has 1 aromatic heterocycles. The van der Waals surface area contributed by atoms with E-state index in [2.05, 4.69) is 20.6 Å². The van der Waals surface area contributed by atoms with E-state index in [1.54, 1.807) is 0 Å². The van der Waals surface area contributed by atoms with Gasteiger partial charge in [-0.3, -0.25) is 0 Å². The molecule has 0 aromatic carbocycles. The number of aliphatic carboxylic acids is 2. The van der Waals surface area contributed by atoms with Crippen LogP contribution in [0.1, 0.15) is 50.6 Å². The van der Waals surface area contributed by atoms with Crippen molar-refractivity contribution in [2.24, 2.45) is 5.92 Å². The van der Waals surface area contributed by atoms with Gasteiger partial charge < -0.3 is 19.8 Å². The Balaban J connectivity index is 0.000000326. The molecule has 3 atom stereocenters. The van der Waals surface area contributed by atoms with Crippen LogP contribution in [0.4, 0.5) is 0 Å². The molecule has 8 nitrogen and oxygen atoms in total. The topological polar surface area (TPSA) is 113 Å². The first-order valence-electron chi connectivity index (χ1n) is 8.66. The Morgan fingerprint density at radius 3 is 2.64 bits per heavy atom. The van der Waals surface area contributed by atoms with E-state index in [4.69, 9.17) is 24.5 Å². The van der Waals surface area contributed by atoms with E-state index >= 15 is 0 Å². The van der Waals surface area contributed by atoms with Gasteiger partial charge >= 0.3 is 11.9 Å². The minimum atomic E-state index is -1.82. The van der Waals surface area contributed by atoms with Crippen molar-refractivity contribution >= 4 is 23.7 Å². The fraction of sp³-hybridized carbons (Fsp3) is 0.750. The second-order valence-corrected chi connectivity index (χ2v) is 6.92. The van der Waals surface area contributed by atoms with E-state index in [-0.39, 0.29) is 0 Å². The van der Waals surface area contributed by atoms with Crippen molar-refractivity contribution in [2.75, 3.05) is 26.2 Å². The Kier molecular flexibility index (Phi) is 7.57. The lowest BCUT2D eigenvalue weighted by Gasteiger charge is -2.21. The monoisotopic (exact) mass is 371 g/mol. The summed E-state index contributed by atoms with van der Waals surface area (Å²) in [5, 5.41) is 14.8. The summed E-state index contributed by atoms with van der Waals surface area (Å²) in [6.07, 6.45) is 6.25. The SMILES string of the molecule is CCCCCOc1nsnc1C1CN2CCCC1C2.O=C(O)C(=O)O. The molecule has 140 valence electrons. The molecule has 3 heterocycles. The van der Waals surface area contributed by atoms with Crippen LogP contribution in [0.2, 0.25) is 0 Å². The van der Waals surface area contributed by atoms with E-state index in [0.29, 0.717) is 5.92 Å². The fourth-order valence-corrected chi connectivity index (χ4v) is 3.92. The molecule has 2 aliphatic rings. The van der Waals surface area contributed by atoms with Gasteiger partial charge in [-0.25, -0.2) is 9.59 Å². The van der Waals surface area contributed by atoms with E-state index in [1.165, 1.54) is 50.5 Å². The highest BCUT2D eigenvalue weighted by molar-refractivity contribution is 6.99. The number of ether oxygens (including phenoxy) is 1. The average Bonchev–Trinajstić information content (AvgIpc) is 3.16. The highest BCUT2D eigenvalue weighted by atomic mass is 32.1. The molecule has 3 rings (SSSR count). The van der Waals surface area contributed by atoms with Gasteiger partial charge in [0.05, 0.1) is 18.3 Å². The van der Waals surface area contributed by atoms with Crippen molar-refractivity contribution in [3.8, 4) is 5.88 Å². The lowest BCUT2D eigenvalue weighted by atomic mass is 9.89. The van der Waals surface area contributed by atoms with Crippen LogP contribution in [-0.2, 0) is 9.59 Å². The number of hydrogen-bond acceptors (Lipinski definition) is 7. The highest BCUT2D eigenvalue weighted by Gasteiger charge is 2.39. The third-order valence-corrected chi connectivity index (χ3v) is 5.09. The molecule has 2 bridgehead atoms. The van der Waals surface area contributed by atoms with E-state index < -0.39 is 11.9 Å². The summed E-state index contributed by atoms with van der Waals surface area (Å²) in [5.41, 5.74) is 1.14. The summed E-state index contributed by atoms with van der Waals surface area (Å²) in [6.45, 7) is 6.66. The van der Waals surface area contributed by atoms with Crippen molar-refractivity contribution in [1.82, 2.24) is 13.6 Å². The Hall–Kier alpha value is -1.74. The van der Waals surface area contributed by atoms with Crippen molar-refractivity contribution in [1.29, 1.82) is 0 Å². The van der Waals surface area contributed by atoms with Gasteiger partial charge in [0.15, 0.2) is 0 Å². The zero-order valence-electron chi connectivity index (χ0n) is 14.4. The van der Waals surface area contributed by atoms with Gasteiger partial charge in [-0.05, 0) is 31.7 Å². The van der Waals surface area contributed by atoms with Crippen LogP contribution in [0.25, 0.3) is 0 Å². The van der Waals surface area contributed by atoms with Crippen LogP contribution >= 0.6 is 11.7 Å². The van der Waals surface area contributed by atoms with Crippen LogP contribution in [-0.4, -0.2) is 62.0 Å². The van der Waals surface area contributed by atoms with Crippen LogP contribution in [0.5, 0.6) is 5.88 Å². The quantitative estimate of drug-likeness (QED) is 0.577. The third kappa shape index (κ3) is 5.64. The number of fused-ring (bicyclic) bond motifs is 2. The Labute approximate surface area is 151 Å². The number of piperidine rings is 1.